The molecule has 2 saturated heterocycles. The van der Waals surface area contributed by atoms with E-state index in [4.69, 9.17) is 14.3 Å². The summed E-state index contributed by atoms with van der Waals surface area (Å²) in [6, 6.07) is 4.17. The second kappa shape index (κ2) is 14.6. The summed E-state index contributed by atoms with van der Waals surface area (Å²) in [7, 11) is 6.59. The fourth-order valence-corrected chi connectivity index (χ4v) is 3.91. The molecule has 2 N–H and O–H groups in total. The molecule has 2 fully saturated rings. The fraction of sp³-hybridized carbons (Fsp3) is 0.379. The van der Waals surface area contributed by atoms with Gasteiger partial charge in [0.25, 0.3) is 11.8 Å². The summed E-state index contributed by atoms with van der Waals surface area (Å²) in [6.45, 7) is 4.72. The van der Waals surface area contributed by atoms with Gasteiger partial charge in [0.2, 0.25) is 0 Å². The van der Waals surface area contributed by atoms with Crippen molar-refractivity contribution < 1.29 is 28.7 Å². The number of aryl methyl sites for hydroxylation is 1. The van der Waals surface area contributed by atoms with Gasteiger partial charge in [-0.05, 0) is 37.1 Å². The monoisotopic (exact) mass is 549 g/mol. The molecule has 3 aliphatic rings. The van der Waals surface area contributed by atoms with Crippen LogP contribution in [0.25, 0.3) is 0 Å². The van der Waals surface area contributed by atoms with E-state index in [0.717, 1.165) is 35.6 Å². The first-order valence-electron chi connectivity index (χ1n) is 12.7. The van der Waals surface area contributed by atoms with Gasteiger partial charge >= 0.3 is 6.03 Å². The smallest absolute Gasteiger partial charge is 0.322 e. The van der Waals surface area contributed by atoms with Crippen LogP contribution < -0.4 is 15.4 Å². The number of nitrogens with one attached hydrogen (secondary N) is 2. The van der Waals surface area contributed by atoms with Gasteiger partial charge in [-0.1, -0.05) is 41.3 Å². The van der Waals surface area contributed by atoms with Crippen LogP contribution >= 0.6 is 0 Å². The Morgan fingerprint density at radius 1 is 1.18 bits per heavy atom. The minimum Gasteiger partial charge on any atom is -0.497 e. The number of imide groups is 1. The van der Waals surface area contributed by atoms with Gasteiger partial charge in [-0.25, -0.2) is 4.79 Å². The van der Waals surface area contributed by atoms with E-state index in [1.807, 2.05) is 43.4 Å². The fourth-order valence-electron chi connectivity index (χ4n) is 3.91. The number of rotatable bonds is 4. The van der Waals surface area contributed by atoms with Gasteiger partial charge in [0, 0.05) is 43.9 Å². The topological polar surface area (TPSA) is 122 Å². The SMILES string of the molecule is CO/N=C(/C1=CC=C(C#C[C@@H]2NC(=O)NC2=O)CC=C1)N1CCOCC1.COc1ccc(C)c(C(=O)N(C)C)c1. The Morgan fingerprint density at radius 3 is 2.55 bits per heavy atom. The number of hydrogen-bond acceptors (Lipinski definition) is 7. The molecule has 4 amide bonds. The molecule has 2 heterocycles. The Bertz CT molecular complexity index is 1300. The number of carbonyl (C=O) groups excluding carboxylic acids is 3. The number of morpholine rings is 1. The average molecular weight is 550 g/mol. The lowest BCUT2D eigenvalue weighted by Gasteiger charge is -2.29. The third-order valence-corrected chi connectivity index (χ3v) is 6.08. The third kappa shape index (κ3) is 8.22. The minimum atomic E-state index is -0.807. The molecule has 212 valence electrons. The van der Waals surface area contributed by atoms with Crippen molar-refractivity contribution in [3.05, 3.63) is 64.8 Å². The third-order valence-electron chi connectivity index (χ3n) is 6.08. The number of ether oxygens (including phenoxy) is 2. The van der Waals surface area contributed by atoms with E-state index in [2.05, 4.69) is 32.5 Å². The zero-order valence-electron chi connectivity index (χ0n) is 23.4. The number of allylic oxidation sites excluding steroid dienone is 4. The maximum absolute atomic E-state index is 11.7. The van der Waals surface area contributed by atoms with E-state index in [9.17, 15) is 14.4 Å². The van der Waals surface area contributed by atoms with Crippen molar-refractivity contribution in [2.24, 2.45) is 5.16 Å². The number of hydrogen-bond donors (Lipinski definition) is 2. The van der Waals surface area contributed by atoms with E-state index >= 15 is 0 Å². The highest BCUT2D eigenvalue weighted by Crippen LogP contribution is 2.18. The van der Waals surface area contributed by atoms with Crippen molar-refractivity contribution in [3.8, 4) is 17.6 Å². The molecule has 11 nitrogen and oxygen atoms in total. The van der Waals surface area contributed by atoms with Crippen LogP contribution in [0.1, 0.15) is 22.3 Å². The molecule has 2 aliphatic heterocycles. The van der Waals surface area contributed by atoms with Crippen LogP contribution in [0, 0.1) is 18.8 Å². The van der Waals surface area contributed by atoms with Gasteiger partial charge in [0.1, 0.15) is 12.9 Å². The molecular formula is C29H35N5O6. The molecule has 1 aromatic rings. The summed E-state index contributed by atoms with van der Waals surface area (Å²) in [4.78, 5) is 43.0. The quantitative estimate of drug-likeness (QED) is 0.194. The first-order chi connectivity index (χ1) is 19.2. The Morgan fingerprint density at radius 2 is 1.93 bits per heavy atom. The van der Waals surface area contributed by atoms with Crippen LogP contribution in [0.2, 0.25) is 0 Å². The molecular weight excluding hydrogens is 514 g/mol. The van der Waals surface area contributed by atoms with Crippen LogP contribution in [-0.4, -0.2) is 94.1 Å². The number of amides is 4. The van der Waals surface area contributed by atoms with Crippen LogP contribution in [0.5, 0.6) is 5.75 Å². The Balaban J connectivity index is 0.000000267. The van der Waals surface area contributed by atoms with Crippen LogP contribution in [0.4, 0.5) is 4.79 Å². The summed E-state index contributed by atoms with van der Waals surface area (Å²) in [6.07, 6.45) is 8.40. The van der Waals surface area contributed by atoms with Crippen molar-refractivity contribution in [2.75, 3.05) is 54.6 Å². The van der Waals surface area contributed by atoms with Gasteiger partial charge < -0.3 is 29.4 Å². The summed E-state index contributed by atoms with van der Waals surface area (Å²) in [5.74, 6) is 6.78. The molecule has 40 heavy (non-hydrogen) atoms. The molecule has 0 spiro atoms. The minimum absolute atomic E-state index is 0.00130. The number of nitrogens with zero attached hydrogens (tertiary/aromatic N) is 3. The number of carbonyl (C=O) groups is 3. The Labute approximate surface area is 234 Å². The number of urea groups is 1. The van der Waals surface area contributed by atoms with E-state index in [1.165, 1.54) is 7.11 Å². The standard InChI is InChI=1S/C18H20N4O4.C11H15NO2/c1-25-21-16(22-9-11-26-12-10-22)14-4-2-3-13(5-7-14)6-8-15-17(23)20-18(24)19-15;1-8-5-6-9(14-4)7-10(8)11(13)12(2)3/h2,4-5,7,15H,3,9-12H2,1H3,(H2,19,20,23,24);5-7H,1-4H3/b21-16-;/t15-;/m0./s1. The summed E-state index contributed by atoms with van der Waals surface area (Å²) in [5, 5.41) is 8.78. The molecule has 0 radical (unpaired) electrons. The van der Waals surface area contributed by atoms with E-state index in [0.29, 0.717) is 30.9 Å². The maximum atomic E-state index is 11.7. The van der Waals surface area contributed by atoms with Crippen LogP contribution in [0.15, 0.2) is 58.8 Å². The second-order valence-electron chi connectivity index (χ2n) is 9.16. The summed E-state index contributed by atoms with van der Waals surface area (Å²) >= 11 is 0. The van der Waals surface area contributed by atoms with Crippen molar-refractivity contribution in [1.29, 1.82) is 0 Å². The summed E-state index contributed by atoms with van der Waals surface area (Å²) < 4.78 is 10.5. The molecule has 1 aromatic carbocycles. The Hall–Kier alpha value is -4.56. The van der Waals surface area contributed by atoms with Crippen molar-refractivity contribution >= 4 is 23.7 Å². The van der Waals surface area contributed by atoms with E-state index in [1.54, 1.807) is 32.2 Å². The number of benzene rings is 1. The normalized spacial score (nSPS) is 18.5. The number of amidine groups is 1. The van der Waals surface area contributed by atoms with E-state index in [-0.39, 0.29) is 5.91 Å². The highest BCUT2D eigenvalue weighted by molar-refractivity contribution is 6.06. The molecule has 11 heteroatoms. The van der Waals surface area contributed by atoms with Gasteiger partial charge in [0.15, 0.2) is 11.9 Å². The maximum Gasteiger partial charge on any atom is 0.322 e. The molecule has 1 atom stereocenters. The zero-order valence-corrected chi connectivity index (χ0v) is 23.4. The molecule has 0 saturated carbocycles. The first-order valence-corrected chi connectivity index (χ1v) is 12.7. The largest absolute Gasteiger partial charge is 0.497 e. The van der Waals surface area contributed by atoms with Crippen molar-refractivity contribution in [2.45, 2.75) is 19.4 Å². The van der Waals surface area contributed by atoms with Crippen LogP contribution in [0.3, 0.4) is 0 Å². The highest BCUT2D eigenvalue weighted by Gasteiger charge is 2.27. The predicted molar refractivity (Wildman–Crippen MR) is 151 cm³/mol. The Kier molecular flexibility index (Phi) is 10.9. The predicted octanol–water partition coefficient (Wildman–Crippen LogP) is 2.01. The average Bonchev–Trinajstić information content (AvgIpc) is 3.12. The molecule has 1 aliphatic carbocycles. The summed E-state index contributed by atoms with van der Waals surface area (Å²) in [5.41, 5.74) is 3.40. The van der Waals surface area contributed by atoms with Gasteiger partial charge in [-0.3, -0.25) is 14.9 Å². The molecule has 0 unspecified atom stereocenters. The molecule has 0 aromatic heterocycles. The lowest BCUT2D eigenvalue weighted by Crippen LogP contribution is -2.41. The highest BCUT2D eigenvalue weighted by atomic mass is 16.6. The zero-order chi connectivity index (χ0) is 29.1. The number of methoxy groups -OCH3 is 1. The molecule has 4 rings (SSSR count). The van der Waals surface area contributed by atoms with Gasteiger partial charge in [-0.2, -0.15) is 0 Å². The lowest BCUT2D eigenvalue weighted by atomic mass is 10.1. The van der Waals surface area contributed by atoms with Gasteiger partial charge in [0.05, 0.1) is 20.3 Å². The second-order valence-corrected chi connectivity index (χ2v) is 9.16. The first kappa shape index (κ1) is 30.0. The molecule has 0 bridgehead atoms. The lowest BCUT2D eigenvalue weighted by molar-refractivity contribution is -0.119. The van der Waals surface area contributed by atoms with Crippen LogP contribution in [-0.2, 0) is 14.4 Å². The van der Waals surface area contributed by atoms with Crippen molar-refractivity contribution in [1.82, 2.24) is 20.4 Å². The van der Waals surface area contributed by atoms with E-state index < -0.39 is 18.0 Å². The van der Waals surface area contributed by atoms with Gasteiger partial charge in [-0.15, -0.1) is 0 Å². The van der Waals surface area contributed by atoms with Crippen molar-refractivity contribution in [3.63, 3.8) is 0 Å². The number of oxime groups is 1.